The summed E-state index contributed by atoms with van der Waals surface area (Å²) in [5, 5.41) is 0. The molecule has 0 fully saturated rings. The summed E-state index contributed by atoms with van der Waals surface area (Å²) < 4.78 is 17.4. The molecule has 2 nitrogen and oxygen atoms in total. The van der Waals surface area contributed by atoms with Gasteiger partial charge >= 0.3 is 0 Å². The van der Waals surface area contributed by atoms with Crippen molar-refractivity contribution in [1.29, 1.82) is 0 Å². The maximum Gasteiger partial charge on any atom is 0.171 e. The molecule has 0 heterocycles. The van der Waals surface area contributed by atoms with E-state index in [0.717, 1.165) is 0 Å². The summed E-state index contributed by atoms with van der Waals surface area (Å²) in [6, 6.07) is 0. The van der Waals surface area contributed by atoms with Crippen LogP contribution in [0.25, 0.3) is 0 Å². The minimum absolute atomic E-state index is 0.0631. The lowest BCUT2D eigenvalue weighted by Crippen LogP contribution is -1.61. The standard InChI is InChI=1S/BrIO2S2/c1-6(2,4)5-3. The maximum atomic E-state index is 10.1. The number of hydrogen-bond acceptors (Lipinski definition) is 2. The molecule has 0 aliphatic heterocycles. The highest BCUT2D eigenvalue weighted by molar-refractivity contribution is 14.2. The molecule has 0 aliphatic carbocycles. The van der Waals surface area contributed by atoms with Gasteiger partial charge in [-0.2, -0.15) is 0 Å². The van der Waals surface area contributed by atoms with E-state index in [9.17, 15) is 8.42 Å². The molecule has 38 valence electrons. The highest BCUT2D eigenvalue weighted by Crippen LogP contribution is 2.10. The lowest BCUT2D eigenvalue weighted by Gasteiger charge is -1.67. The van der Waals surface area contributed by atoms with Crippen LogP contribution in [0, 0.1) is 0 Å². The summed E-state index contributed by atoms with van der Waals surface area (Å²) in [5.41, 5.74) is 0. The summed E-state index contributed by atoms with van der Waals surface area (Å²) in [5.74, 6) is 0. The molecule has 0 radical (unpaired) electrons. The van der Waals surface area contributed by atoms with Crippen LogP contribution in [0.2, 0.25) is 0 Å². The number of hydrogen-bond donors (Lipinski definition) is 0. The van der Waals surface area contributed by atoms with Crippen LogP contribution < -0.4 is 0 Å². The Morgan fingerprint density at radius 1 is 1.83 bits per heavy atom. The van der Waals surface area contributed by atoms with Crippen LogP contribution in [0.1, 0.15) is 0 Å². The summed E-state index contributed by atoms with van der Waals surface area (Å²) >= 11 is 4.18. The molecule has 0 rings (SSSR count). The van der Waals surface area contributed by atoms with Crippen LogP contribution in [-0.2, 0) is 14.3 Å². The van der Waals surface area contributed by atoms with Crippen molar-refractivity contribution in [2.24, 2.45) is 0 Å². The second-order valence-corrected chi connectivity index (χ2v) is 16.3. The smallest absolute Gasteiger partial charge is 0.171 e. The Labute approximate surface area is 58.2 Å². The van der Waals surface area contributed by atoms with E-state index in [-0.39, 0.29) is 10.2 Å². The van der Waals surface area contributed by atoms with E-state index >= 15 is 0 Å². The van der Waals surface area contributed by atoms with Gasteiger partial charge in [-0.15, -0.1) is 0 Å². The Hall–Kier alpha value is 1.38. The molecule has 0 amide bonds. The zero-order chi connectivity index (χ0) is 5.21. The molecule has 0 saturated carbocycles. The molecule has 1 atom stereocenters. The van der Waals surface area contributed by atoms with Crippen molar-refractivity contribution in [1.82, 2.24) is 0 Å². The van der Waals surface area contributed by atoms with Gasteiger partial charge in [0.25, 0.3) is 0 Å². The third-order valence-corrected chi connectivity index (χ3v) is 3.01. The SMILES string of the molecule is O=S=S(=O)(Br)I. The molecular weight excluding hydrogens is 303 g/mol. The average Bonchev–Trinajstić information content (AvgIpc) is 1.35. The van der Waals surface area contributed by atoms with Crippen LogP contribution in [0.5, 0.6) is 0 Å². The predicted molar refractivity (Wildman–Crippen MR) is 39.2 cm³/mol. The highest BCUT2D eigenvalue weighted by Gasteiger charge is 1.86. The molecule has 0 saturated heterocycles. The average molecular weight is 303 g/mol. The van der Waals surface area contributed by atoms with Gasteiger partial charge in [0.2, 0.25) is 0 Å². The predicted octanol–water partition coefficient (Wildman–Crippen LogP) is 1.06. The van der Waals surface area contributed by atoms with Gasteiger partial charge in [-0.1, -0.05) is 0 Å². The van der Waals surface area contributed by atoms with Gasteiger partial charge in [0.1, 0.15) is 0 Å². The van der Waals surface area contributed by atoms with Crippen molar-refractivity contribution in [3.8, 4) is 0 Å². The third-order valence-electron chi connectivity index (χ3n) is 0.0792. The molecule has 6 heavy (non-hydrogen) atoms. The molecule has 0 bridgehead atoms. The molecule has 0 aromatic heterocycles. The van der Waals surface area contributed by atoms with Crippen molar-refractivity contribution in [2.75, 3.05) is 0 Å². The second kappa shape index (κ2) is 2.63. The highest BCUT2D eigenvalue weighted by atomic mass is 127. The zero-order valence-electron chi connectivity index (χ0n) is 2.39. The topological polar surface area (TPSA) is 34.1 Å². The molecule has 0 aromatic carbocycles. The van der Waals surface area contributed by atoms with Crippen molar-refractivity contribution in [2.45, 2.75) is 0 Å². The van der Waals surface area contributed by atoms with E-state index in [1.165, 1.54) is 21.2 Å². The first-order valence-corrected chi connectivity index (χ1v) is 8.01. The normalized spacial score (nSPS) is 19.0. The van der Waals surface area contributed by atoms with Gasteiger partial charge in [-0.3, -0.25) is 0 Å². The molecule has 6 heteroatoms. The van der Waals surface area contributed by atoms with Gasteiger partial charge in [0.05, 0.1) is 21.2 Å². The minimum Gasteiger partial charge on any atom is -0.233 e. The van der Waals surface area contributed by atoms with Gasteiger partial charge < -0.3 is 0 Å². The Balaban J connectivity index is 4.75. The first-order valence-electron chi connectivity index (χ1n) is 0.809. The van der Waals surface area contributed by atoms with E-state index in [0.29, 0.717) is 0 Å². The maximum absolute atomic E-state index is 10.1. The summed E-state index contributed by atoms with van der Waals surface area (Å²) in [7, 11) is 0.0631. The Kier molecular flexibility index (Phi) is 3.23. The van der Waals surface area contributed by atoms with Crippen molar-refractivity contribution in [3.63, 3.8) is 0 Å². The van der Waals surface area contributed by atoms with Crippen LogP contribution in [0.4, 0.5) is 0 Å². The van der Waals surface area contributed by atoms with Crippen LogP contribution in [-0.4, -0.2) is 8.42 Å². The molecule has 1 unspecified atom stereocenters. The summed E-state index contributed by atoms with van der Waals surface area (Å²) in [6.45, 7) is 0. The Morgan fingerprint density at radius 3 is 2.00 bits per heavy atom. The Bertz CT molecular complexity index is 152. The molecule has 0 aromatic rings. The lowest BCUT2D eigenvalue weighted by molar-refractivity contribution is 0.691. The molecule has 0 spiro atoms. The number of rotatable bonds is 0. The summed E-state index contributed by atoms with van der Waals surface area (Å²) in [4.78, 5) is 0. The van der Waals surface area contributed by atoms with Gasteiger partial charge in [0.15, 0.2) is 14.3 Å². The monoisotopic (exact) mass is 302 g/mol. The van der Waals surface area contributed by atoms with E-state index in [1.807, 2.05) is 0 Å². The third kappa shape index (κ3) is 5.38. The zero-order valence-corrected chi connectivity index (χ0v) is 7.77. The molecular formula is BrIO2S2. The first-order chi connectivity index (χ1) is 2.56. The van der Waals surface area contributed by atoms with Crippen LogP contribution in [0.15, 0.2) is 0 Å². The van der Waals surface area contributed by atoms with E-state index in [4.69, 9.17) is 0 Å². The fraction of sp³-hybridized carbons (Fsp3) is 0. The Morgan fingerprint density at radius 2 is 2.00 bits per heavy atom. The van der Waals surface area contributed by atoms with Crippen molar-refractivity contribution < 1.29 is 8.42 Å². The molecule has 0 N–H and O–H groups in total. The number of halogens is 2. The summed E-state index contributed by atoms with van der Waals surface area (Å²) in [6.07, 6.45) is 0. The lowest BCUT2D eigenvalue weighted by atomic mass is 16.0. The van der Waals surface area contributed by atoms with Crippen molar-refractivity contribution in [3.05, 3.63) is 0 Å². The van der Waals surface area contributed by atoms with Gasteiger partial charge in [-0.05, 0) is 0 Å². The largest absolute Gasteiger partial charge is 0.233 e. The van der Waals surface area contributed by atoms with Crippen LogP contribution in [0.3, 0.4) is 0 Å². The van der Waals surface area contributed by atoms with Gasteiger partial charge in [-0.25, -0.2) is 8.42 Å². The van der Waals surface area contributed by atoms with Crippen LogP contribution >= 0.6 is 36.0 Å². The second-order valence-electron chi connectivity index (χ2n) is 0.446. The van der Waals surface area contributed by atoms with E-state index < -0.39 is 4.10 Å². The fourth-order valence-corrected chi connectivity index (χ4v) is 0. The van der Waals surface area contributed by atoms with Gasteiger partial charge in [0, 0.05) is 14.8 Å². The minimum atomic E-state index is -2.27. The van der Waals surface area contributed by atoms with Crippen molar-refractivity contribution >= 4 is 50.3 Å². The quantitative estimate of drug-likeness (QED) is 0.495. The fourth-order valence-electron chi connectivity index (χ4n) is 0. The molecule has 0 aliphatic rings. The van der Waals surface area contributed by atoms with E-state index in [2.05, 4.69) is 14.8 Å². The first kappa shape index (κ1) is 7.38. The van der Waals surface area contributed by atoms with E-state index in [1.54, 1.807) is 0 Å².